The summed E-state index contributed by atoms with van der Waals surface area (Å²) in [5.74, 6) is 3.10. The molecule has 0 saturated carbocycles. The molecule has 0 amide bonds. The Morgan fingerprint density at radius 3 is 2.39 bits per heavy atom. The van der Waals surface area contributed by atoms with E-state index in [0.717, 1.165) is 64.3 Å². The number of hydrogen-bond donors (Lipinski definition) is 0. The molecule has 0 fully saturated rings. The van der Waals surface area contributed by atoms with Gasteiger partial charge in [-0.1, -0.05) is 53.5 Å². The van der Waals surface area contributed by atoms with Crippen LogP contribution in [0.2, 0.25) is 16.6 Å². The molecule has 4 aromatic heterocycles. The topological polar surface area (TPSA) is 78.6 Å². The second-order valence-corrected chi connectivity index (χ2v) is 18.8. The van der Waals surface area contributed by atoms with Gasteiger partial charge in [0, 0.05) is 41.1 Å². The second kappa shape index (κ2) is 12.4. The van der Waals surface area contributed by atoms with Gasteiger partial charge in [-0.3, -0.25) is 0 Å². The molecule has 1 aliphatic heterocycles. The van der Waals surface area contributed by atoms with Crippen LogP contribution in [0.4, 0.5) is 4.39 Å². The summed E-state index contributed by atoms with van der Waals surface area (Å²) >= 11 is 0. The number of aromatic nitrogens is 6. The number of fused-ring (bicyclic) bond motifs is 5. The molecule has 1 aliphatic rings. The summed E-state index contributed by atoms with van der Waals surface area (Å²) in [7, 11) is -1.91. The Kier molecular flexibility index (Phi) is 8.51. The lowest BCUT2D eigenvalue weighted by Crippen LogP contribution is -2.43. The van der Waals surface area contributed by atoms with Crippen molar-refractivity contribution in [1.82, 2.24) is 29.5 Å². The van der Waals surface area contributed by atoms with Crippen molar-refractivity contribution >= 4 is 19.1 Å². The van der Waals surface area contributed by atoms with Crippen LogP contribution >= 0.6 is 0 Å². The number of ether oxygens (including phenoxy) is 1. The van der Waals surface area contributed by atoms with Crippen LogP contribution in [-0.4, -0.2) is 37.6 Å². The molecule has 0 atom stereocenters. The quantitative estimate of drug-likeness (QED) is 0.137. The SMILES string of the molecule is Cc1ccnc(Oc2ccc(-c3c4n(c5ncnc(C)c35)CCCc3cc(C#C[Si](C(C)C)(C(C)C)C(C)C)ncc3-4)cc2F)n1. The number of aryl methyl sites for hydroxylation is 4. The summed E-state index contributed by atoms with van der Waals surface area (Å²) in [6.07, 6.45) is 6.97. The van der Waals surface area contributed by atoms with Crippen LogP contribution < -0.4 is 4.74 Å². The first kappa shape index (κ1) is 31.6. The summed E-state index contributed by atoms with van der Waals surface area (Å²) < 4.78 is 23.7. The van der Waals surface area contributed by atoms with Gasteiger partial charge in [-0.25, -0.2) is 29.3 Å². The van der Waals surface area contributed by atoms with E-state index in [1.165, 1.54) is 11.6 Å². The van der Waals surface area contributed by atoms with E-state index in [-0.39, 0.29) is 11.8 Å². The van der Waals surface area contributed by atoms with Crippen molar-refractivity contribution < 1.29 is 9.13 Å². The van der Waals surface area contributed by atoms with Crippen LogP contribution in [0.5, 0.6) is 11.8 Å². The molecule has 0 radical (unpaired) electrons. The zero-order valence-corrected chi connectivity index (χ0v) is 28.9. The third-order valence-electron chi connectivity index (χ3n) is 9.57. The molecule has 1 aromatic carbocycles. The largest absolute Gasteiger partial charge is 0.421 e. The van der Waals surface area contributed by atoms with Crippen molar-refractivity contribution in [2.24, 2.45) is 0 Å². The van der Waals surface area contributed by atoms with Crippen molar-refractivity contribution in [3.05, 3.63) is 77.5 Å². The zero-order valence-electron chi connectivity index (χ0n) is 27.9. The summed E-state index contributed by atoms with van der Waals surface area (Å²) in [5.41, 5.74) is 13.5. The van der Waals surface area contributed by atoms with Crippen LogP contribution in [0.25, 0.3) is 33.4 Å². The molecule has 0 spiro atoms. The minimum atomic E-state index is -1.91. The Morgan fingerprint density at radius 1 is 0.935 bits per heavy atom. The Bertz CT molecular complexity index is 1980. The number of nitrogens with zero attached hydrogens (tertiary/aromatic N) is 6. The molecule has 236 valence electrons. The van der Waals surface area contributed by atoms with E-state index in [4.69, 9.17) is 14.7 Å². The molecule has 46 heavy (non-hydrogen) atoms. The summed E-state index contributed by atoms with van der Waals surface area (Å²) in [6.45, 7) is 18.6. The van der Waals surface area contributed by atoms with Gasteiger partial charge in [0.15, 0.2) is 11.6 Å². The molecule has 0 saturated heterocycles. The second-order valence-electron chi connectivity index (χ2n) is 13.2. The lowest BCUT2D eigenvalue weighted by molar-refractivity contribution is 0.410. The first-order chi connectivity index (χ1) is 22.0. The minimum Gasteiger partial charge on any atom is -0.421 e. The van der Waals surface area contributed by atoms with Gasteiger partial charge in [-0.2, -0.15) is 0 Å². The average molecular weight is 633 g/mol. The lowest BCUT2D eigenvalue weighted by atomic mass is 9.95. The highest BCUT2D eigenvalue weighted by Crippen LogP contribution is 2.45. The van der Waals surface area contributed by atoms with Crippen molar-refractivity contribution in [1.29, 1.82) is 0 Å². The standard InChI is InChI=1S/C37H41FN6OSi/c1-22(2)46(23(3)4,24(5)6)17-14-29-18-27-10-9-16-44-35(30(27)20-40-29)34(33-26(8)41-21-42-36(33)44)28-11-12-32(31(38)19-28)45-37-39-15-13-25(7)43-37/h11-13,15,18-24H,9-10,16H2,1-8H3. The fourth-order valence-electron chi connectivity index (χ4n) is 7.43. The van der Waals surface area contributed by atoms with Crippen LogP contribution in [0.1, 0.15) is 70.6 Å². The Morgan fingerprint density at radius 2 is 1.70 bits per heavy atom. The van der Waals surface area contributed by atoms with Gasteiger partial charge in [0.1, 0.15) is 25.7 Å². The van der Waals surface area contributed by atoms with Crippen molar-refractivity contribution in [2.75, 3.05) is 0 Å². The Balaban J connectivity index is 1.49. The van der Waals surface area contributed by atoms with Crippen LogP contribution in [0.15, 0.2) is 49.1 Å². The normalized spacial score (nSPS) is 13.0. The number of rotatable bonds is 6. The third kappa shape index (κ3) is 5.49. The molecule has 7 nitrogen and oxygen atoms in total. The summed E-state index contributed by atoms with van der Waals surface area (Å²) in [5, 5.41) is 0.908. The minimum absolute atomic E-state index is 0.0611. The molecule has 6 rings (SSSR count). The third-order valence-corrected chi connectivity index (χ3v) is 15.9. The van der Waals surface area contributed by atoms with Gasteiger partial charge < -0.3 is 9.30 Å². The molecule has 9 heteroatoms. The molecule has 0 aliphatic carbocycles. The first-order valence-corrected chi connectivity index (χ1v) is 18.4. The van der Waals surface area contributed by atoms with Crippen LogP contribution in [0.3, 0.4) is 0 Å². The zero-order chi connectivity index (χ0) is 32.7. The number of hydrogen-bond acceptors (Lipinski definition) is 6. The molecular weight excluding hydrogens is 592 g/mol. The fourth-order valence-corrected chi connectivity index (χ4v) is 12.6. The summed E-state index contributed by atoms with van der Waals surface area (Å²) in [6, 6.07) is 9.06. The number of halogens is 1. The van der Waals surface area contributed by atoms with Gasteiger partial charge in [-0.05, 0) is 78.7 Å². The van der Waals surface area contributed by atoms with Gasteiger partial charge in [0.05, 0.1) is 11.4 Å². The van der Waals surface area contributed by atoms with Crippen LogP contribution in [0, 0.1) is 31.1 Å². The lowest BCUT2D eigenvalue weighted by Gasteiger charge is -2.38. The number of pyridine rings is 1. The molecular formula is C37H41FN6OSi. The molecule has 5 heterocycles. The highest BCUT2D eigenvalue weighted by molar-refractivity contribution is 6.90. The maximum Gasteiger partial charge on any atom is 0.322 e. The Hall–Kier alpha value is -4.42. The highest BCUT2D eigenvalue weighted by Gasteiger charge is 2.41. The van der Waals surface area contributed by atoms with E-state index in [1.54, 1.807) is 24.7 Å². The predicted octanol–water partition coefficient (Wildman–Crippen LogP) is 9.01. The monoisotopic (exact) mass is 632 g/mol. The maximum absolute atomic E-state index is 15.7. The average Bonchev–Trinajstić information content (AvgIpc) is 3.21. The smallest absolute Gasteiger partial charge is 0.322 e. The van der Waals surface area contributed by atoms with E-state index >= 15 is 4.39 Å². The van der Waals surface area contributed by atoms with E-state index in [2.05, 4.69) is 78.6 Å². The maximum atomic E-state index is 15.7. The molecule has 0 N–H and O–H groups in total. The molecule has 5 aromatic rings. The predicted molar refractivity (Wildman–Crippen MR) is 184 cm³/mol. The first-order valence-electron chi connectivity index (χ1n) is 16.1. The van der Waals surface area contributed by atoms with E-state index in [0.29, 0.717) is 22.2 Å². The number of benzene rings is 1. The van der Waals surface area contributed by atoms with E-state index < -0.39 is 13.9 Å². The molecule has 0 unspecified atom stereocenters. The fraction of sp³-hybridized carbons (Fsp3) is 0.378. The van der Waals surface area contributed by atoms with E-state index in [9.17, 15) is 0 Å². The Labute approximate surface area is 271 Å². The van der Waals surface area contributed by atoms with Crippen molar-refractivity contribution in [2.45, 2.75) is 91.4 Å². The van der Waals surface area contributed by atoms with Gasteiger partial charge in [0.2, 0.25) is 0 Å². The van der Waals surface area contributed by atoms with Crippen molar-refractivity contribution in [3.8, 4) is 45.6 Å². The van der Waals surface area contributed by atoms with E-state index in [1.807, 2.05) is 26.1 Å². The summed E-state index contributed by atoms with van der Waals surface area (Å²) in [4.78, 5) is 22.5. The van der Waals surface area contributed by atoms with Gasteiger partial charge in [0.25, 0.3) is 0 Å². The van der Waals surface area contributed by atoms with Gasteiger partial charge in [-0.15, -0.1) is 5.54 Å². The van der Waals surface area contributed by atoms with Crippen LogP contribution in [-0.2, 0) is 13.0 Å². The van der Waals surface area contributed by atoms with Gasteiger partial charge >= 0.3 is 6.01 Å². The molecule has 0 bridgehead atoms. The van der Waals surface area contributed by atoms with Crippen molar-refractivity contribution in [3.63, 3.8) is 0 Å². The highest BCUT2D eigenvalue weighted by atomic mass is 28.3.